The molecule has 27 heavy (non-hydrogen) atoms. The summed E-state index contributed by atoms with van der Waals surface area (Å²) in [5.41, 5.74) is -0.597. The standard InChI is InChI=1S/C23H28O3Si/c1-22(2,3)20(17-24)21(25)26-27(23(4,5)6,18-13-9-7-10-14-18)19-15-11-8-12-16-19/h7-16H,1-6H3. The molecule has 142 valence electrons. The molecule has 0 saturated carbocycles. The quantitative estimate of drug-likeness (QED) is 0.459. The molecule has 0 bridgehead atoms. The highest BCUT2D eigenvalue weighted by Gasteiger charge is 2.53. The fourth-order valence-electron chi connectivity index (χ4n) is 3.34. The zero-order chi connectivity index (χ0) is 20.3. The van der Waals surface area contributed by atoms with Crippen molar-refractivity contribution in [1.82, 2.24) is 0 Å². The molecule has 0 spiro atoms. The molecule has 0 unspecified atom stereocenters. The summed E-state index contributed by atoms with van der Waals surface area (Å²) in [5, 5.41) is 1.66. The number of benzene rings is 2. The molecule has 0 radical (unpaired) electrons. The first kappa shape index (κ1) is 20.9. The summed E-state index contributed by atoms with van der Waals surface area (Å²) in [6.45, 7) is 11.7. The summed E-state index contributed by atoms with van der Waals surface area (Å²) in [7, 11) is -3.02. The van der Waals surface area contributed by atoms with E-state index in [0.717, 1.165) is 10.4 Å². The molecule has 0 heterocycles. The van der Waals surface area contributed by atoms with Gasteiger partial charge >= 0.3 is 14.3 Å². The van der Waals surface area contributed by atoms with Crippen LogP contribution < -0.4 is 10.4 Å². The minimum atomic E-state index is -3.02. The number of hydrogen-bond donors (Lipinski definition) is 0. The van der Waals surface area contributed by atoms with Crippen LogP contribution in [0.5, 0.6) is 0 Å². The van der Waals surface area contributed by atoms with E-state index in [1.165, 1.54) is 0 Å². The highest BCUT2D eigenvalue weighted by Crippen LogP contribution is 2.38. The lowest BCUT2D eigenvalue weighted by atomic mass is 9.88. The zero-order valence-corrected chi connectivity index (χ0v) is 18.0. The van der Waals surface area contributed by atoms with Crippen LogP contribution in [-0.2, 0) is 14.0 Å². The summed E-state index contributed by atoms with van der Waals surface area (Å²) >= 11 is 0. The Morgan fingerprint density at radius 3 is 1.52 bits per heavy atom. The van der Waals surface area contributed by atoms with Crippen molar-refractivity contribution >= 4 is 30.6 Å². The smallest absolute Gasteiger partial charge is 0.333 e. The Kier molecular flexibility index (Phi) is 5.93. The maximum atomic E-state index is 13.1. The van der Waals surface area contributed by atoms with Crippen molar-refractivity contribution in [3.8, 4) is 0 Å². The van der Waals surface area contributed by atoms with Crippen LogP contribution in [0.2, 0.25) is 5.04 Å². The molecule has 0 N–H and O–H groups in total. The number of hydrogen-bond acceptors (Lipinski definition) is 3. The Morgan fingerprint density at radius 2 is 1.22 bits per heavy atom. The zero-order valence-electron chi connectivity index (χ0n) is 17.0. The van der Waals surface area contributed by atoms with E-state index in [0.29, 0.717) is 0 Å². The maximum absolute atomic E-state index is 13.1. The summed E-state index contributed by atoms with van der Waals surface area (Å²) < 4.78 is 6.35. The average Bonchev–Trinajstić information content (AvgIpc) is 2.59. The van der Waals surface area contributed by atoms with Gasteiger partial charge < -0.3 is 4.43 Å². The third-order valence-electron chi connectivity index (χ3n) is 4.72. The Labute approximate surface area is 163 Å². The third kappa shape index (κ3) is 4.13. The molecule has 0 aliphatic heterocycles. The van der Waals surface area contributed by atoms with Gasteiger partial charge in [0.2, 0.25) is 0 Å². The predicted octanol–water partition coefficient (Wildman–Crippen LogP) is 3.89. The van der Waals surface area contributed by atoms with Gasteiger partial charge in [-0.2, -0.15) is 0 Å². The van der Waals surface area contributed by atoms with Crippen LogP contribution in [-0.4, -0.2) is 20.2 Å². The van der Waals surface area contributed by atoms with E-state index in [1.807, 2.05) is 87.4 Å². The lowest BCUT2D eigenvalue weighted by molar-refractivity contribution is -0.131. The van der Waals surface area contributed by atoms with Crippen LogP contribution in [0.25, 0.3) is 0 Å². The van der Waals surface area contributed by atoms with Crippen molar-refractivity contribution < 1.29 is 14.0 Å². The van der Waals surface area contributed by atoms with Crippen molar-refractivity contribution in [3.63, 3.8) is 0 Å². The Morgan fingerprint density at radius 1 is 0.815 bits per heavy atom. The maximum Gasteiger partial charge on any atom is 0.333 e. The van der Waals surface area contributed by atoms with Gasteiger partial charge in [-0.05, 0) is 15.4 Å². The highest BCUT2D eigenvalue weighted by atomic mass is 28.4. The van der Waals surface area contributed by atoms with E-state index in [-0.39, 0.29) is 10.6 Å². The third-order valence-corrected chi connectivity index (χ3v) is 9.62. The fourth-order valence-corrected chi connectivity index (χ4v) is 7.65. The Hall–Kier alpha value is -2.42. The van der Waals surface area contributed by atoms with Gasteiger partial charge in [0, 0.05) is 5.41 Å². The van der Waals surface area contributed by atoms with E-state index in [9.17, 15) is 9.59 Å². The summed E-state index contributed by atoms with van der Waals surface area (Å²) in [6.07, 6.45) is 0. The molecule has 0 aliphatic carbocycles. The van der Waals surface area contributed by atoms with Gasteiger partial charge in [0.15, 0.2) is 0 Å². The second-order valence-corrected chi connectivity index (χ2v) is 13.0. The van der Waals surface area contributed by atoms with Crippen LogP contribution in [0.1, 0.15) is 41.5 Å². The molecule has 2 aromatic rings. The van der Waals surface area contributed by atoms with Crippen molar-refractivity contribution in [2.24, 2.45) is 5.41 Å². The fraction of sp³-hybridized carbons (Fsp3) is 0.348. The number of carbonyl (C=O) groups excluding carboxylic acids is 2. The molecule has 0 atom stereocenters. The van der Waals surface area contributed by atoms with Crippen LogP contribution in [0.15, 0.2) is 66.2 Å². The van der Waals surface area contributed by atoms with E-state index >= 15 is 0 Å². The van der Waals surface area contributed by atoms with Crippen LogP contribution in [0, 0.1) is 5.41 Å². The normalized spacial score (nSPS) is 12.2. The van der Waals surface area contributed by atoms with Gasteiger partial charge in [-0.25, -0.2) is 9.59 Å². The Balaban J connectivity index is 2.74. The van der Waals surface area contributed by atoms with E-state index in [4.69, 9.17) is 4.43 Å². The van der Waals surface area contributed by atoms with Crippen molar-refractivity contribution in [1.29, 1.82) is 0 Å². The first-order valence-electron chi connectivity index (χ1n) is 9.14. The second-order valence-electron chi connectivity index (χ2n) is 8.78. The van der Waals surface area contributed by atoms with Gasteiger partial charge in [-0.15, -0.1) is 0 Å². The monoisotopic (exact) mass is 380 g/mol. The second kappa shape index (κ2) is 7.67. The summed E-state index contributed by atoms with van der Waals surface area (Å²) in [6, 6.07) is 19.8. The van der Waals surface area contributed by atoms with Gasteiger partial charge in [-0.1, -0.05) is 102 Å². The minimum absolute atomic E-state index is 0.0375. The predicted molar refractivity (Wildman–Crippen MR) is 112 cm³/mol. The molecule has 2 aromatic carbocycles. The summed E-state index contributed by atoms with van der Waals surface area (Å²) in [4.78, 5) is 24.7. The number of carbonyl (C=O) groups is 1. The molecule has 3 nitrogen and oxygen atoms in total. The molecule has 0 saturated heterocycles. The van der Waals surface area contributed by atoms with Crippen LogP contribution in [0.3, 0.4) is 0 Å². The highest BCUT2D eigenvalue weighted by molar-refractivity contribution is 7.00. The lowest BCUT2D eigenvalue weighted by Gasteiger charge is -2.42. The van der Waals surface area contributed by atoms with Crippen molar-refractivity contribution in [2.45, 2.75) is 46.6 Å². The van der Waals surface area contributed by atoms with Crippen LogP contribution >= 0.6 is 0 Å². The SMILES string of the molecule is CC(C)(C)C(=C=O)C(=O)O[Si](c1ccccc1)(c1ccccc1)C(C)(C)C. The summed E-state index contributed by atoms with van der Waals surface area (Å²) in [5.74, 6) is 1.26. The van der Waals surface area contributed by atoms with Gasteiger partial charge in [-0.3, -0.25) is 0 Å². The molecule has 0 aliphatic rings. The van der Waals surface area contributed by atoms with Crippen molar-refractivity contribution in [2.75, 3.05) is 0 Å². The number of rotatable bonds is 4. The topological polar surface area (TPSA) is 43.4 Å². The minimum Gasteiger partial charge on any atom is -0.506 e. The molecule has 2 rings (SSSR count). The Bertz CT molecular complexity index is 797. The van der Waals surface area contributed by atoms with E-state index in [2.05, 4.69) is 20.8 Å². The first-order valence-corrected chi connectivity index (χ1v) is 11.0. The lowest BCUT2D eigenvalue weighted by Crippen LogP contribution is -2.67. The largest absolute Gasteiger partial charge is 0.506 e. The van der Waals surface area contributed by atoms with Crippen molar-refractivity contribution in [3.05, 3.63) is 66.2 Å². The molecular formula is C23H28O3Si. The first-order chi connectivity index (χ1) is 12.5. The molecule has 0 amide bonds. The van der Waals surface area contributed by atoms with Crippen LogP contribution in [0.4, 0.5) is 0 Å². The average molecular weight is 381 g/mol. The molecule has 0 aromatic heterocycles. The molecule has 0 fully saturated rings. The molecular weight excluding hydrogens is 352 g/mol. The van der Waals surface area contributed by atoms with E-state index < -0.39 is 19.7 Å². The van der Waals surface area contributed by atoms with E-state index in [1.54, 1.807) is 0 Å². The van der Waals surface area contributed by atoms with Gasteiger partial charge in [0.05, 0.1) is 0 Å². The van der Waals surface area contributed by atoms with Gasteiger partial charge in [0.25, 0.3) is 0 Å². The molecule has 4 heteroatoms. The van der Waals surface area contributed by atoms with Gasteiger partial charge in [0.1, 0.15) is 11.5 Å².